The van der Waals surface area contributed by atoms with Crippen molar-refractivity contribution in [1.82, 2.24) is 0 Å². The summed E-state index contributed by atoms with van der Waals surface area (Å²) in [4.78, 5) is 34.8. The van der Waals surface area contributed by atoms with Gasteiger partial charge in [-0.2, -0.15) is 0 Å². The van der Waals surface area contributed by atoms with Crippen LogP contribution in [0.15, 0.2) is 85.1 Å². The monoisotopic (exact) mass is 790 g/mol. The molecule has 0 heterocycles. The number of unbranched alkanes of at least 4 members (excludes halogenated alkanes) is 11. The first-order valence-electron chi connectivity index (χ1n) is 21.1. The lowest BCUT2D eigenvalue weighted by atomic mass is 10.1. The van der Waals surface area contributed by atoms with E-state index in [0.717, 1.165) is 64.2 Å². The number of ether oxygens (including phenoxy) is 2. The molecule has 9 nitrogen and oxygen atoms in total. The van der Waals surface area contributed by atoms with E-state index in [1.807, 2.05) is 12.2 Å². The number of allylic oxidation sites excluding steroid dienone is 14. The van der Waals surface area contributed by atoms with Gasteiger partial charge in [0, 0.05) is 19.4 Å². The maximum Gasteiger partial charge on any atom is 0.472 e. The molecule has 0 spiro atoms. The minimum absolute atomic E-state index is 0.0358. The van der Waals surface area contributed by atoms with Gasteiger partial charge in [-0.1, -0.05) is 144 Å². The van der Waals surface area contributed by atoms with Crippen LogP contribution in [0.3, 0.4) is 0 Å². The molecule has 0 aromatic carbocycles. The Kier molecular flexibility index (Phi) is 38.8. The SMILES string of the molecule is CCCCCC=CCC=CCC=CCC=CCC=CCCC(=O)O[C@H](COC(=O)CCCCCCCC=CCC=CCCCCC)COP(=O)(O)OCCN. The average molecular weight is 790 g/mol. The summed E-state index contributed by atoms with van der Waals surface area (Å²) in [6.45, 7) is 3.55. The molecule has 55 heavy (non-hydrogen) atoms. The first-order valence-corrected chi connectivity index (χ1v) is 22.6. The van der Waals surface area contributed by atoms with Gasteiger partial charge in [-0.15, -0.1) is 0 Å². The van der Waals surface area contributed by atoms with Crippen molar-refractivity contribution in [3.8, 4) is 0 Å². The first-order chi connectivity index (χ1) is 26.8. The molecule has 1 unspecified atom stereocenters. The summed E-state index contributed by atoms with van der Waals surface area (Å²) in [6.07, 6.45) is 50.5. The van der Waals surface area contributed by atoms with Crippen molar-refractivity contribution in [2.45, 2.75) is 161 Å². The Morgan fingerprint density at radius 2 is 0.982 bits per heavy atom. The third-order valence-electron chi connectivity index (χ3n) is 8.27. The Balaban J connectivity index is 4.35. The van der Waals surface area contributed by atoms with E-state index in [9.17, 15) is 19.0 Å². The predicted molar refractivity (Wildman–Crippen MR) is 229 cm³/mol. The van der Waals surface area contributed by atoms with E-state index in [1.165, 1.54) is 51.4 Å². The number of hydrogen-bond donors (Lipinski definition) is 2. The minimum Gasteiger partial charge on any atom is -0.462 e. The number of phosphoric ester groups is 1. The van der Waals surface area contributed by atoms with E-state index < -0.39 is 32.5 Å². The smallest absolute Gasteiger partial charge is 0.462 e. The van der Waals surface area contributed by atoms with E-state index in [0.29, 0.717) is 12.8 Å². The van der Waals surface area contributed by atoms with E-state index >= 15 is 0 Å². The maximum absolute atomic E-state index is 12.5. The largest absolute Gasteiger partial charge is 0.472 e. The fourth-order valence-electron chi connectivity index (χ4n) is 5.12. The van der Waals surface area contributed by atoms with Crippen molar-refractivity contribution in [2.24, 2.45) is 5.73 Å². The van der Waals surface area contributed by atoms with Gasteiger partial charge in [0.25, 0.3) is 0 Å². The van der Waals surface area contributed by atoms with E-state index in [1.54, 1.807) is 0 Å². The van der Waals surface area contributed by atoms with Gasteiger partial charge in [-0.3, -0.25) is 18.6 Å². The number of esters is 2. The van der Waals surface area contributed by atoms with Gasteiger partial charge in [0.15, 0.2) is 6.10 Å². The minimum atomic E-state index is -4.40. The van der Waals surface area contributed by atoms with Gasteiger partial charge in [0.1, 0.15) is 6.61 Å². The highest BCUT2D eigenvalue weighted by Gasteiger charge is 2.25. The normalized spacial score (nSPS) is 14.2. The molecule has 0 bridgehead atoms. The van der Waals surface area contributed by atoms with Gasteiger partial charge >= 0.3 is 19.8 Å². The van der Waals surface area contributed by atoms with Crippen LogP contribution in [0.5, 0.6) is 0 Å². The van der Waals surface area contributed by atoms with Crippen molar-refractivity contribution < 1.29 is 37.6 Å². The molecule has 0 aliphatic heterocycles. The van der Waals surface area contributed by atoms with Crippen molar-refractivity contribution in [3.05, 3.63) is 85.1 Å². The molecule has 0 aliphatic carbocycles. The Bertz CT molecular complexity index is 1170. The summed E-state index contributed by atoms with van der Waals surface area (Å²) in [5.74, 6) is -0.950. The number of carbonyl (C=O) groups is 2. The Morgan fingerprint density at radius 1 is 0.545 bits per heavy atom. The zero-order chi connectivity index (χ0) is 40.3. The third-order valence-corrected chi connectivity index (χ3v) is 9.25. The van der Waals surface area contributed by atoms with Gasteiger partial charge in [0.05, 0.1) is 13.2 Å². The van der Waals surface area contributed by atoms with Gasteiger partial charge in [-0.25, -0.2) is 4.57 Å². The molecule has 0 aromatic heterocycles. The standard InChI is InChI=1S/C45H76NO8P/c1-3-5-7-9-11-13-15-17-19-20-21-22-24-26-28-30-32-34-36-38-45(48)54-43(42-53-55(49,50)52-40-39-46)41-51-44(47)37-35-33-31-29-27-25-23-18-16-14-12-10-8-6-4-2/h11-14,17-19,21-23,26,28,32,34,43H,3-10,15-16,20,24-25,27,29-31,33,35-42,46H2,1-2H3,(H,49,50)/t43-/m1/s1. The molecular formula is C45H76NO8P. The van der Waals surface area contributed by atoms with E-state index in [-0.39, 0.29) is 32.6 Å². The molecule has 314 valence electrons. The van der Waals surface area contributed by atoms with Crippen LogP contribution in [0.1, 0.15) is 155 Å². The van der Waals surface area contributed by atoms with Crippen molar-refractivity contribution in [3.63, 3.8) is 0 Å². The molecule has 0 fully saturated rings. The van der Waals surface area contributed by atoms with Crippen LogP contribution in [0.25, 0.3) is 0 Å². The van der Waals surface area contributed by atoms with Gasteiger partial charge in [-0.05, 0) is 83.5 Å². The summed E-state index contributed by atoms with van der Waals surface area (Å²) >= 11 is 0. The molecule has 0 aromatic rings. The van der Waals surface area contributed by atoms with Crippen LogP contribution in [0.4, 0.5) is 0 Å². The molecule has 0 radical (unpaired) electrons. The molecule has 3 N–H and O–H groups in total. The third kappa shape index (κ3) is 40.7. The topological polar surface area (TPSA) is 134 Å². The second-order valence-corrected chi connectivity index (χ2v) is 14.9. The predicted octanol–water partition coefficient (Wildman–Crippen LogP) is 12.0. The molecule has 2 atom stereocenters. The van der Waals surface area contributed by atoms with Crippen molar-refractivity contribution in [1.29, 1.82) is 0 Å². The Hall–Kier alpha value is -2.81. The highest BCUT2D eigenvalue weighted by molar-refractivity contribution is 7.47. The summed E-state index contributed by atoms with van der Waals surface area (Å²) in [5, 5.41) is 0. The zero-order valence-corrected chi connectivity index (χ0v) is 35.3. The quantitative estimate of drug-likeness (QED) is 0.0271. The molecule has 0 aliphatic rings. The lowest BCUT2D eigenvalue weighted by molar-refractivity contribution is -0.161. The second-order valence-electron chi connectivity index (χ2n) is 13.5. The molecular weight excluding hydrogens is 713 g/mol. The molecule has 0 amide bonds. The van der Waals surface area contributed by atoms with Crippen molar-refractivity contribution in [2.75, 3.05) is 26.4 Å². The Morgan fingerprint density at radius 3 is 1.47 bits per heavy atom. The van der Waals surface area contributed by atoms with Crippen LogP contribution in [0, 0.1) is 0 Å². The molecule has 0 saturated heterocycles. The van der Waals surface area contributed by atoms with Crippen LogP contribution < -0.4 is 5.73 Å². The summed E-state index contributed by atoms with van der Waals surface area (Å²) in [7, 11) is -4.40. The highest BCUT2D eigenvalue weighted by Crippen LogP contribution is 2.43. The highest BCUT2D eigenvalue weighted by atomic mass is 31.2. The summed E-state index contributed by atoms with van der Waals surface area (Å²) in [6, 6.07) is 0. The van der Waals surface area contributed by atoms with Gasteiger partial charge < -0.3 is 20.1 Å². The molecule has 10 heteroatoms. The van der Waals surface area contributed by atoms with Gasteiger partial charge in [0.2, 0.25) is 0 Å². The van der Waals surface area contributed by atoms with Crippen LogP contribution in [-0.2, 0) is 32.7 Å². The molecule has 0 saturated carbocycles. The second kappa shape index (κ2) is 40.8. The average Bonchev–Trinajstić information content (AvgIpc) is 3.17. The lowest BCUT2D eigenvalue weighted by Crippen LogP contribution is -2.29. The number of phosphoric acid groups is 1. The van der Waals surface area contributed by atoms with E-state index in [2.05, 4.69) is 86.8 Å². The fraction of sp³-hybridized carbons (Fsp3) is 0.644. The number of hydrogen-bond acceptors (Lipinski definition) is 8. The first kappa shape index (κ1) is 52.2. The molecule has 0 rings (SSSR count). The summed E-state index contributed by atoms with van der Waals surface area (Å²) in [5.41, 5.74) is 5.34. The maximum atomic E-state index is 12.5. The number of nitrogens with two attached hydrogens (primary N) is 1. The van der Waals surface area contributed by atoms with Crippen LogP contribution in [0.2, 0.25) is 0 Å². The van der Waals surface area contributed by atoms with Crippen LogP contribution in [-0.4, -0.2) is 49.3 Å². The van der Waals surface area contributed by atoms with Crippen LogP contribution >= 0.6 is 7.82 Å². The van der Waals surface area contributed by atoms with E-state index in [4.69, 9.17) is 24.3 Å². The zero-order valence-electron chi connectivity index (χ0n) is 34.4. The number of carbonyl (C=O) groups excluding carboxylic acids is 2. The fourth-order valence-corrected chi connectivity index (χ4v) is 5.88. The van der Waals surface area contributed by atoms with Crippen molar-refractivity contribution >= 4 is 19.8 Å². The lowest BCUT2D eigenvalue weighted by Gasteiger charge is -2.19. The summed E-state index contributed by atoms with van der Waals surface area (Å²) < 4.78 is 32.6. The number of rotatable bonds is 38. The Labute approximate surface area is 334 Å².